The van der Waals surface area contributed by atoms with Gasteiger partial charge < -0.3 is 5.11 Å². The summed E-state index contributed by atoms with van der Waals surface area (Å²) >= 11 is 0. The second kappa shape index (κ2) is 4.84. The lowest BCUT2D eigenvalue weighted by Gasteiger charge is -2.06. The van der Waals surface area contributed by atoms with Gasteiger partial charge in [0.1, 0.15) is 6.61 Å². The van der Waals surface area contributed by atoms with E-state index < -0.39 is 5.97 Å². The van der Waals surface area contributed by atoms with Crippen molar-refractivity contribution in [1.82, 2.24) is 4.98 Å². The lowest BCUT2D eigenvalue weighted by Crippen LogP contribution is -2.07. The molecule has 0 spiro atoms. The van der Waals surface area contributed by atoms with Crippen LogP contribution in [-0.4, -0.2) is 22.7 Å². The van der Waals surface area contributed by atoms with Crippen molar-refractivity contribution in [3.63, 3.8) is 0 Å². The summed E-state index contributed by atoms with van der Waals surface area (Å²) in [5.41, 5.74) is 2.76. The first-order valence-electron chi connectivity index (χ1n) is 3.74. The van der Waals surface area contributed by atoms with Crippen LogP contribution in [-0.2, 0) is 4.84 Å². The highest BCUT2D eigenvalue weighted by Gasteiger charge is 2.08. The predicted molar refractivity (Wildman–Crippen MR) is 49.6 cm³/mol. The third kappa shape index (κ3) is 2.47. The second-order valence-corrected chi connectivity index (χ2v) is 2.32. The Morgan fingerprint density at radius 3 is 3.21 bits per heavy atom. The van der Waals surface area contributed by atoms with E-state index in [-0.39, 0.29) is 17.9 Å². The average Bonchev–Trinajstić information content (AvgIpc) is 2.19. The van der Waals surface area contributed by atoms with Gasteiger partial charge in [0.05, 0.1) is 17.4 Å². The molecule has 0 saturated carbocycles. The van der Waals surface area contributed by atoms with Gasteiger partial charge in [-0.25, -0.2) is 4.79 Å². The van der Waals surface area contributed by atoms with Gasteiger partial charge >= 0.3 is 5.97 Å². The van der Waals surface area contributed by atoms with E-state index in [2.05, 4.69) is 16.4 Å². The zero-order valence-corrected chi connectivity index (χ0v) is 7.23. The Bertz CT molecular complexity index is 371. The van der Waals surface area contributed by atoms with E-state index in [4.69, 9.17) is 16.4 Å². The lowest BCUT2D eigenvalue weighted by atomic mass is 10.2. The van der Waals surface area contributed by atoms with Crippen LogP contribution in [0.15, 0.2) is 18.5 Å². The number of carbonyl (C=O) groups is 1. The number of aromatic nitrogens is 1. The van der Waals surface area contributed by atoms with Crippen molar-refractivity contribution in [2.45, 2.75) is 0 Å². The molecule has 72 valence electrons. The van der Waals surface area contributed by atoms with Crippen LogP contribution in [0.2, 0.25) is 0 Å². The van der Waals surface area contributed by atoms with Gasteiger partial charge in [0, 0.05) is 6.20 Å². The van der Waals surface area contributed by atoms with Gasteiger partial charge in [0.2, 0.25) is 0 Å². The van der Waals surface area contributed by atoms with Crippen LogP contribution in [0.1, 0.15) is 10.4 Å². The van der Waals surface area contributed by atoms with Crippen molar-refractivity contribution in [2.24, 2.45) is 0 Å². The van der Waals surface area contributed by atoms with Crippen molar-refractivity contribution < 1.29 is 14.7 Å². The molecule has 1 aromatic heterocycles. The minimum absolute atomic E-state index is 0.0496. The molecule has 14 heavy (non-hydrogen) atoms. The highest BCUT2D eigenvalue weighted by Crippen LogP contribution is 2.12. The number of hydrogen-bond acceptors (Lipinski definition) is 4. The smallest absolute Gasteiger partial charge is 0.338 e. The number of rotatable bonds is 4. The standard InChI is InChI=1S/C9H8N2O3/c1-2-5-14-11-8-6-10-4-3-7(8)9(12)13/h1,3-4,6,11H,5H2,(H,12,13). The average molecular weight is 192 g/mol. The number of pyridine rings is 1. The number of anilines is 1. The molecule has 5 heteroatoms. The van der Waals surface area contributed by atoms with Crippen molar-refractivity contribution >= 4 is 11.7 Å². The summed E-state index contributed by atoms with van der Waals surface area (Å²) < 4.78 is 0. The first-order valence-corrected chi connectivity index (χ1v) is 3.74. The quantitative estimate of drug-likeness (QED) is 0.418. The Kier molecular flexibility index (Phi) is 3.47. The van der Waals surface area contributed by atoms with E-state index in [1.54, 1.807) is 0 Å². The van der Waals surface area contributed by atoms with Crippen molar-refractivity contribution in [3.05, 3.63) is 24.0 Å². The van der Waals surface area contributed by atoms with Crippen LogP contribution in [0, 0.1) is 12.3 Å². The van der Waals surface area contributed by atoms with Crippen LogP contribution in [0.25, 0.3) is 0 Å². The van der Waals surface area contributed by atoms with Gasteiger partial charge in [-0.2, -0.15) is 0 Å². The largest absolute Gasteiger partial charge is 0.478 e. The fraction of sp³-hybridized carbons (Fsp3) is 0.111. The number of hydrogen-bond donors (Lipinski definition) is 2. The van der Waals surface area contributed by atoms with Crippen molar-refractivity contribution in [1.29, 1.82) is 0 Å². The molecule has 0 fully saturated rings. The Morgan fingerprint density at radius 2 is 2.57 bits per heavy atom. The summed E-state index contributed by atoms with van der Waals surface area (Å²) in [5, 5.41) is 8.76. The fourth-order valence-electron chi connectivity index (χ4n) is 0.818. The van der Waals surface area contributed by atoms with Gasteiger partial charge in [0.15, 0.2) is 0 Å². The summed E-state index contributed by atoms with van der Waals surface area (Å²) in [6.45, 7) is 0.0496. The minimum atomic E-state index is -1.06. The van der Waals surface area contributed by atoms with Crippen LogP contribution in [0.5, 0.6) is 0 Å². The van der Waals surface area contributed by atoms with Gasteiger partial charge in [-0.05, 0) is 6.07 Å². The molecule has 2 N–H and O–H groups in total. The van der Waals surface area contributed by atoms with E-state index in [1.807, 2.05) is 0 Å². The molecule has 5 nitrogen and oxygen atoms in total. The van der Waals surface area contributed by atoms with Gasteiger partial charge in [-0.1, -0.05) is 5.92 Å². The highest BCUT2D eigenvalue weighted by atomic mass is 16.6. The van der Waals surface area contributed by atoms with Crippen LogP contribution in [0.3, 0.4) is 0 Å². The predicted octanol–water partition coefficient (Wildman–Crippen LogP) is 0.756. The number of aromatic carboxylic acids is 1. The Hall–Kier alpha value is -2.06. The molecule has 1 heterocycles. The van der Waals surface area contributed by atoms with Crippen molar-refractivity contribution in [3.8, 4) is 12.3 Å². The topological polar surface area (TPSA) is 71.5 Å². The monoisotopic (exact) mass is 192 g/mol. The fourth-order valence-corrected chi connectivity index (χ4v) is 0.818. The number of carboxylic acids is 1. The summed E-state index contributed by atoms with van der Waals surface area (Å²) in [7, 11) is 0. The van der Waals surface area contributed by atoms with Crippen LogP contribution < -0.4 is 5.48 Å². The van der Waals surface area contributed by atoms with E-state index >= 15 is 0 Å². The van der Waals surface area contributed by atoms with Gasteiger partial charge in [-0.3, -0.25) is 15.3 Å². The zero-order valence-electron chi connectivity index (χ0n) is 7.23. The number of nitrogens with one attached hydrogen (secondary N) is 1. The number of nitrogens with zero attached hydrogens (tertiary/aromatic N) is 1. The third-order valence-corrected chi connectivity index (χ3v) is 1.39. The SMILES string of the molecule is C#CCONc1cnccc1C(=O)O. The van der Waals surface area contributed by atoms with E-state index in [0.29, 0.717) is 0 Å². The minimum Gasteiger partial charge on any atom is -0.478 e. The molecule has 0 unspecified atom stereocenters. The molecular weight excluding hydrogens is 184 g/mol. The molecule has 0 aliphatic rings. The van der Waals surface area contributed by atoms with Crippen LogP contribution in [0.4, 0.5) is 5.69 Å². The molecule has 0 aromatic carbocycles. The summed E-state index contributed by atoms with van der Waals surface area (Å²) in [6, 6.07) is 1.36. The normalized spacial score (nSPS) is 9.07. The molecule has 0 atom stereocenters. The molecule has 1 aromatic rings. The Balaban J connectivity index is 2.75. The summed E-state index contributed by atoms with van der Waals surface area (Å²) in [4.78, 5) is 19.2. The molecule has 0 bridgehead atoms. The van der Waals surface area contributed by atoms with Crippen molar-refractivity contribution in [2.75, 3.05) is 12.1 Å². The molecule has 1 rings (SSSR count). The highest BCUT2D eigenvalue weighted by molar-refractivity contribution is 5.93. The first-order chi connectivity index (χ1) is 6.75. The second-order valence-electron chi connectivity index (χ2n) is 2.32. The summed E-state index contributed by atoms with van der Waals surface area (Å²) in [5.74, 6) is 1.18. The third-order valence-electron chi connectivity index (χ3n) is 1.39. The van der Waals surface area contributed by atoms with Crippen LogP contribution >= 0.6 is 0 Å². The Labute approximate surface area is 80.7 Å². The number of carboxylic acid groups (broad SMARTS) is 1. The molecule has 0 saturated heterocycles. The Morgan fingerprint density at radius 1 is 1.79 bits per heavy atom. The van der Waals surface area contributed by atoms with E-state index in [0.717, 1.165) is 0 Å². The van der Waals surface area contributed by atoms with E-state index in [9.17, 15) is 4.79 Å². The molecule has 0 amide bonds. The zero-order chi connectivity index (χ0) is 10.4. The molecule has 0 radical (unpaired) electrons. The molecule has 0 aliphatic carbocycles. The molecular formula is C9H8N2O3. The molecule has 0 aliphatic heterocycles. The van der Waals surface area contributed by atoms with E-state index in [1.165, 1.54) is 18.5 Å². The maximum atomic E-state index is 10.7. The number of terminal acetylenes is 1. The summed E-state index contributed by atoms with van der Waals surface area (Å²) in [6.07, 6.45) is 7.68. The van der Waals surface area contributed by atoms with Gasteiger partial charge in [0.25, 0.3) is 0 Å². The first kappa shape index (κ1) is 10.0. The maximum Gasteiger partial charge on any atom is 0.338 e. The lowest BCUT2D eigenvalue weighted by molar-refractivity contribution is 0.0696. The van der Waals surface area contributed by atoms with Gasteiger partial charge in [-0.15, -0.1) is 6.42 Å². The maximum absolute atomic E-state index is 10.7.